The first kappa shape index (κ1) is 16.2. The zero-order valence-corrected chi connectivity index (χ0v) is 13.4. The van der Waals surface area contributed by atoms with Gasteiger partial charge in [-0.2, -0.15) is 0 Å². The molecule has 2 heterocycles. The molecule has 0 amide bonds. The zero-order valence-electron chi connectivity index (χ0n) is 13.4. The topological polar surface area (TPSA) is 31.4 Å². The summed E-state index contributed by atoms with van der Waals surface area (Å²) in [5.41, 5.74) is 0.937. The highest BCUT2D eigenvalue weighted by Gasteiger charge is 2.20. The fraction of sp³-hybridized carbons (Fsp3) is 0.688. The molecule has 1 saturated heterocycles. The second kappa shape index (κ2) is 7.71. The molecule has 0 bridgehead atoms. The Hall–Kier alpha value is -1.20. The van der Waals surface area contributed by atoms with Crippen LogP contribution in [0.25, 0.3) is 0 Å². The molecule has 4 nitrogen and oxygen atoms in total. The molecule has 0 atom stereocenters. The number of pyridine rings is 1. The largest absolute Gasteiger partial charge is 0.359 e. The summed E-state index contributed by atoms with van der Waals surface area (Å²) in [6.07, 6.45) is 3.77. The van der Waals surface area contributed by atoms with E-state index in [4.69, 9.17) is 0 Å². The average Bonchev–Trinajstić information content (AvgIpc) is 2.47. The Bertz CT molecular complexity index is 444. The van der Waals surface area contributed by atoms with Crippen LogP contribution >= 0.6 is 0 Å². The SMILES string of the molecule is CCNCc1cc(F)cnc1N(C)CC1CCN(C)CC1. The van der Waals surface area contributed by atoms with Gasteiger partial charge in [0.05, 0.1) is 6.20 Å². The molecule has 5 heteroatoms. The minimum atomic E-state index is -0.264. The molecule has 2 rings (SSSR count). The van der Waals surface area contributed by atoms with Gasteiger partial charge in [-0.3, -0.25) is 0 Å². The fourth-order valence-corrected chi connectivity index (χ4v) is 2.93. The molecule has 0 saturated carbocycles. The zero-order chi connectivity index (χ0) is 15.2. The van der Waals surface area contributed by atoms with Crippen LogP contribution in [0, 0.1) is 11.7 Å². The molecule has 0 spiro atoms. The Morgan fingerprint density at radius 2 is 2.14 bits per heavy atom. The molecule has 118 valence electrons. The van der Waals surface area contributed by atoms with Crippen molar-refractivity contribution in [2.75, 3.05) is 45.2 Å². The maximum Gasteiger partial charge on any atom is 0.141 e. The van der Waals surface area contributed by atoms with Gasteiger partial charge in [-0.05, 0) is 51.5 Å². The summed E-state index contributed by atoms with van der Waals surface area (Å²) in [4.78, 5) is 8.87. The highest BCUT2D eigenvalue weighted by atomic mass is 19.1. The van der Waals surface area contributed by atoms with Crippen LogP contribution in [-0.2, 0) is 6.54 Å². The van der Waals surface area contributed by atoms with E-state index in [2.05, 4.69) is 41.1 Å². The number of hydrogen-bond acceptors (Lipinski definition) is 4. The Morgan fingerprint density at radius 3 is 2.81 bits per heavy atom. The van der Waals surface area contributed by atoms with Crippen LogP contribution in [0.5, 0.6) is 0 Å². The lowest BCUT2D eigenvalue weighted by Crippen LogP contribution is -2.36. The van der Waals surface area contributed by atoms with Crippen LogP contribution in [0.15, 0.2) is 12.3 Å². The average molecular weight is 294 g/mol. The summed E-state index contributed by atoms with van der Waals surface area (Å²) in [6, 6.07) is 1.59. The van der Waals surface area contributed by atoms with E-state index in [0.29, 0.717) is 12.5 Å². The summed E-state index contributed by atoms with van der Waals surface area (Å²) in [6.45, 7) is 6.91. The lowest BCUT2D eigenvalue weighted by Gasteiger charge is -2.32. The molecule has 0 unspecified atom stereocenters. The molecule has 0 radical (unpaired) electrons. The van der Waals surface area contributed by atoms with Crippen molar-refractivity contribution in [2.45, 2.75) is 26.3 Å². The summed E-state index contributed by atoms with van der Waals surface area (Å²) >= 11 is 0. The first-order chi connectivity index (χ1) is 10.1. The van der Waals surface area contributed by atoms with E-state index in [9.17, 15) is 4.39 Å². The molecule has 1 N–H and O–H groups in total. The summed E-state index contributed by atoms with van der Waals surface area (Å²) in [5, 5.41) is 3.26. The normalized spacial score (nSPS) is 17.1. The van der Waals surface area contributed by atoms with Gasteiger partial charge in [-0.25, -0.2) is 9.37 Å². The van der Waals surface area contributed by atoms with Crippen molar-refractivity contribution < 1.29 is 4.39 Å². The quantitative estimate of drug-likeness (QED) is 0.871. The first-order valence-corrected chi connectivity index (χ1v) is 7.85. The van der Waals surface area contributed by atoms with Gasteiger partial charge in [0, 0.05) is 25.7 Å². The number of nitrogens with zero attached hydrogens (tertiary/aromatic N) is 3. The molecule has 1 aromatic heterocycles. The molecule has 1 aliphatic rings. The minimum absolute atomic E-state index is 0.264. The van der Waals surface area contributed by atoms with Gasteiger partial charge >= 0.3 is 0 Å². The second-order valence-corrected chi connectivity index (χ2v) is 6.04. The third kappa shape index (κ3) is 4.64. The standard InChI is InChI=1S/C16H27FN4/c1-4-18-10-14-9-15(17)11-19-16(14)21(3)12-13-5-7-20(2)8-6-13/h9,11,13,18H,4-8,10,12H2,1-3H3. The summed E-state index contributed by atoms with van der Waals surface area (Å²) in [5.74, 6) is 1.33. The first-order valence-electron chi connectivity index (χ1n) is 7.85. The predicted octanol–water partition coefficient (Wildman–Crippen LogP) is 2.11. The van der Waals surface area contributed by atoms with Crippen LogP contribution in [0.3, 0.4) is 0 Å². The van der Waals surface area contributed by atoms with Crippen molar-refractivity contribution in [3.8, 4) is 0 Å². The lowest BCUT2D eigenvalue weighted by atomic mass is 9.96. The Morgan fingerprint density at radius 1 is 1.43 bits per heavy atom. The third-order valence-corrected chi connectivity index (χ3v) is 4.21. The number of rotatable bonds is 6. The minimum Gasteiger partial charge on any atom is -0.359 e. The molecule has 1 aliphatic heterocycles. The molecule has 0 aromatic carbocycles. The number of anilines is 1. The van der Waals surface area contributed by atoms with Crippen molar-refractivity contribution >= 4 is 5.82 Å². The van der Waals surface area contributed by atoms with Crippen LogP contribution in [0.1, 0.15) is 25.3 Å². The van der Waals surface area contributed by atoms with Gasteiger partial charge in [-0.15, -0.1) is 0 Å². The number of aromatic nitrogens is 1. The van der Waals surface area contributed by atoms with Crippen molar-refractivity contribution in [1.29, 1.82) is 0 Å². The monoisotopic (exact) mass is 294 g/mol. The highest BCUT2D eigenvalue weighted by molar-refractivity contribution is 5.46. The smallest absolute Gasteiger partial charge is 0.141 e. The van der Waals surface area contributed by atoms with E-state index in [1.54, 1.807) is 6.07 Å². The van der Waals surface area contributed by atoms with Crippen LogP contribution < -0.4 is 10.2 Å². The van der Waals surface area contributed by atoms with Crippen molar-refractivity contribution in [1.82, 2.24) is 15.2 Å². The Balaban J connectivity index is 2.02. The van der Waals surface area contributed by atoms with Crippen molar-refractivity contribution in [2.24, 2.45) is 5.92 Å². The van der Waals surface area contributed by atoms with Gasteiger partial charge in [-0.1, -0.05) is 6.92 Å². The van der Waals surface area contributed by atoms with Crippen LogP contribution in [0.2, 0.25) is 0 Å². The number of likely N-dealkylation sites (tertiary alicyclic amines) is 1. The molecular formula is C16H27FN4. The van der Waals surface area contributed by atoms with E-state index in [-0.39, 0.29) is 5.82 Å². The highest BCUT2D eigenvalue weighted by Crippen LogP contribution is 2.22. The van der Waals surface area contributed by atoms with Gasteiger partial charge in [0.25, 0.3) is 0 Å². The van der Waals surface area contributed by atoms with Crippen LogP contribution in [-0.4, -0.2) is 50.2 Å². The van der Waals surface area contributed by atoms with Crippen molar-refractivity contribution in [3.05, 3.63) is 23.6 Å². The molecule has 21 heavy (non-hydrogen) atoms. The predicted molar refractivity (Wildman–Crippen MR) is 85.1 cm³/mol. The number of nitrogens with one attached hydrogen (secondary N) is 1. The summed E-state index contributed by atoms with van der Waals surface area (Å²) < 4.78 is 13.4. The fourth-order valence-electron chi connectivity index (χ4n) is 2.93. The third-order valence-electron chi connectivity index (χ3n) is 4.21. The van der Waals surface area contributed by atoms with E-state index in [1.807, 2.05) is 0 Å². The maximum atomic E-state index is 13.4. The Labute approximate surface area is 127 Å². The second-order valence-electron chi connectivity index (χ2n) is 6.04. The number of halogens is 1. The van der Waals surface area contributed by atoms with E-state index >= 15 is 0 Å². The molecule has 1 fully saturated rings. The maximum absolute atomic E-state index is 13.4. The number of piperidine rings is 1. The molecular weight excluding hydrogens is 267 g/mol. The van der Waals surface area contributed by atoms with Crippen LogP contribution in [0.4, 0.5) is 10.2 Å². The van der Waals surface area contributed by atoms with Gasteiger partial charge in [0.1, 0.15) is 11.6 Å². The van der Waals surface area contributed by atoms with E-state index in [0.717, 1.165) is 24.5 Å². The Kier molecular flexibility index (Phi) is 5.94. The van der Waals surface area contributed by atoms with Gasteiger partial charge in [0.2, 0.25) is 0 Å². The molecule has 0 aliphatic carbocycles. The summed E-state index contributed by atoms with van der Waals surface area (Å²) in [7, 11) is 4.24. The van der Waals surface area contributed by atoms with Gasteiger partial charge < -0.3 is 15.1 Å². The number of hydrogen-bond donors (Lipinski definition) is 1. The van der Waals surface area contributed by atoms with Gasteiger partial charge in [0.15, 0.2) is 0 Å². The lowest BCUT2D eigenvalue weighted by molar-refractivity contribution is 0.222. The van der Waals surface area contributed by atoms with Crippen molar-refractivity contribution in [3.63, 3.8) is 0 Å². The van der Waals surface area contributed by atoms with E-state index in [1.165, 1.54) is 32.1 Å². The van der Waals surface area contributed by atoms with E-state index < -0.39 is 0 Å². The molecule has 1 aromatic rings.